The number of aliphatic carboxylic acids is 1. The molecule has 0 saturated heterocycles. The molecule has 1 heterocycles. The Hall–Kier alpha value is -2.46. The molecule has 0 spiro atoms. The number of hydrogen-bond donors (Lipinski definition) is 1. The molecule has 0 aliphatic rings. The molecule has 5 heteroatoms. The summed E-state index contributed by atoms with van der Waals surface area (Å²) in [4.78, 5) is 12.2. The zero-order valence-corrected chi connectivity index (χ0v) is 19.3. The Morgan fingerprint density at radius 1 is 1.10 bits per heavy atom. The van der Waals surface area contributed by atoms with Gasteiger partial charge in [0.2, 0.25) is 0 Å². The van der Waals surface area contributed by atoms with Crippen molar-refractivity contribution in [3.63, 3.8) is 0 Å². The van der Waals surface area contributed by atoms with Crippen LogP contribution in [0.4, 0.5) is 0 Å². The maximum Gasteiger partial charge on any atom is 0.310 e. The van der Waals surface area contributed by atoms with Gasteiger partial charge >= 0.3 is 5.97 Å². The third-order valence-corrected chi connectivity index (χ3v) is 6.79. The Bertz CT molecular complexity index is 1080. The molecule has 0 atom stereocenters. The second-order valence-electron chi connectivity index (χ2n) is 8.85. The van der Waals surface area contributed by atoms with E-state index in [1.165, 1.54) is 0 Å². The zero-order chi connectivity index (χ0) is 22.3. The first-order valence-electron chi connectivity index (χ1n) is 10.2. The van der Waals surface area contributed by atoms with Crippen LogP contribution in [0, 0.1) is 12.3 Å². The Labute approximate surface area is 183 Å². The number of aromatic nitrogens is 1. The lowest BCUT2D eigenvalue weighted by Gasteiger charge is -2.40. The first-order chi connectivity index (χ1) is 14.0. The average molecular weight is 428 g/mol. The van der Waals surface area contributed by atoms with Crippen molar-refractivity contribution in [2.45, 2.75) is 53.5 Å². The molecule has 0 amide bonds. The standard InChI is InChI=1S/C25H30ClNO3/c1-7-30-19-12-13-21-20(14-19)16(2)22(24(3,4)25(5,6)23(28)29)27(21)15-17-8-10-18(26)11-9-17/h8-14H,7,15H2,1-6H3,(H,28,29). The molecule has 0 bridgehead atoms. The lowest BCUT2D eigenvalue weighted by molar-refractivity contribution is -0.150. The quantitative estimate of drug-likeness (QED) is 0.472. The van der Waals surface area contributed by atoms with Gasteiger partial charge in [-0.3, -0.25) is 4.79 Å². The number of rotatable bonds is 7. The second-order valence-corrected chi connectivity index (χ2v) is 9.29. The average Bonchev–Trinajstić information content (AvgIpc) is 2.95. The number of carbonyl (C=O) groups is 1. The van der Waals surface area contributed by atoms with E-state index in [2.05, 4.69) is 23.6 Å². The van der Waals surface area contributed by atoms with Crippen molar-refractivity contribution in [3.05, 3.63) is 64.3 Å². The van der Waals surface area contributed by atoms with Crippen molar-refractivity contribution < 1.29 is 14.6 Å². The minimum absolute atomic E-state index is 0.598. The van der Waals surface area contributed by atoms with Gasteiger partial charge in [-0.25, -0.2) is 0 Å². The molecule has 3 aromatic rings. The van der Waals surface area contributed by atoms with Crippen molar-refractivity contribution >= 4 is 28.5 Å². The van der Waals surface area contributed by atoms with Crippen LogP contribution in [0.15, 0.2) is 42.5 Å². The van der Waals surface area contributed by atoms with Gasteiger partial charge in [-0.2, -0.15) is 0 Å². The molecule has 0 saturated carbocycles. The molecule has 3 rings (SSSR count). The minimum Gasteiger partial charge on any atom is -0.494 e. The van der Waals surface area contributed by atoms with Crippen LogP contribution in [0.2, 0.25) is 5.02 Å². The Morgan fingerprint density at radius 2 is 1.73 bits per heavy atom. The van der Waals surface area contributed by atoms with Gasteiger partial charge in [0.15, 0.2) is 0 Å². The first-order valence-corrected chi connectivity index (χ1v) is 10.6. The molecule has 0 unspecified atom stereocenters. The number of hydrogen-bond acceptors (Lipinski definition) is 2. The molecular formula is C25H30ClNO3. The summed E-state index contributed by atoms with van der Waals surface area (Å²) in [6, 6.07) is 13.9. The molecule has 1 N–H and O–H groups in total. The highest BCUT2D eigenvalue weighted by Crippen LogP contribution is 2.46. The summed E-state index contributed by atoms with van der Waals surface area (Å²) in [5.41, 5.74) is 2.69. The molecule has 0 radical (unpaired) electrons. The smallest absolute Gasteiger partial charge is 0.310 e. The predicted octanol–water partition coefficient (Wildman–Crippen LogP) is 6.44. The molecule has 0 fully saturated rings. The number of ether oxygens (including phenoxy) is 1. The van der Waals surface area contributed by atoms with E-state index in [4.69, 9.17) is 16.3 Å². The number of aryl methyl sites for hydroxylation is 1. The normalized spacial score (nSPS) is 12.4. The Kier molecular flexibility index (Phi) is 5.92. The van der Waals surface area contributed by atoms with Crippen LogP contribution in [0.1, 0.15) is 51.4 Å². The highest BCUT2D eigenvalue weighted by molar-refractivity contribution is 6.30. The van der Waals surface area contributed by atoms with Crippen LogP contribution in [0.25, 0.3) is 10.9 Å². The molecule has 0 aliphatic carbocycles. The predicted molar refractivity (Wildman–Crippen MR) is 123 cm³/mol. The molecule has 0 aliphatic heterocycles. The zero-order valence-electron chi connectivity index (χ0n) is 18.5. The summed E-state index contributed by atoms with van der Waals surface area (Å²) >= 11 is 6.07. The van der Waals surface area contributed by atoms with Gasteiger partial charge in [-0.1, -0.05) is 37.6 Å². The van der Waals surface area contributed by atoms with Gasteiger partial charge in [-0.15, -0.1) is 0 Å². The number of halogens is 1. The second kappa shape index (κ2) is 7.99. The number of nitrogens with zero attached hydrogens (tertiary/aromatic N) is 1. The van der Waals surface area contributed by atoms with E-state index in [1.807, 2.05) is 51.1 Å². The first kappa shape index (κ1) is 22.2. The topological polar surface area (TPSA) is 51.5 Å². The van der Waals surface area contributed by atoms with E-state index in [9.17, 15) is 9.90 Å². The summed E-state index contributed by atoms with van der Waals surface area (Å²) in [6.45, 7) is 12.9. The molecule has 30 heavy (non-hydrogen) atoms. The number of carboxylic acid groups (broad SMARTS) is 1. The fourth-order valence-electron chi connectivity index (χ4n) is 4.06. The van der Waals surface area contributed by atoms with Crippen LogP contribution in [-0.4, -0.2) is 22.2 Å². The van der Waals surface area contributed by atoms with E-state index in [0.717, 1.165) is 33.5 Å². The fraction of sp³-hybridized carbons (Fsp3) is 0.400. The van der Waals surface area contributed by atoms with Crippen molar-refractivity contribution in [2.75, 3.05) is 6.61 Å². The van der Waals surface area contributed by atoms with Gasteiger partial charge in [0.1, 0.15) is 5.75 Å². The van der Waals surface area contributed by atoms with Crippen molar-refractivity contribution in [2.24, 2.45) is 5.41 Å². The number of carboxylic acids is 1. The van der Waals surface area contributed by atoms with E-state index in [0.29, 0.717) is 18.2 Å². The van der Waals surface area contributed by atoms with E-state index in [-0.39, 0.29) is 0 Å². The molecular weight excluding hydrogens is 398 g/mol. The van der Waals surface area contributed by atoms with E-state index >= 15 is 0 Å². The largest absolute Gasteiger partial charge is 0.494 e. The Balaban J connectivity index is 2.29. The summed E-state index contributed by atoms with van der Waals surface area (Å²) in [5.74, 6) is 0.00352. The van der Waals surface area contributed by atoms with Crippen LogP contribution >= 0.6 is 11.6 Å². The van der Waals surface area contributed by atoms with Crippen LogP contribution < -0.4 is 4.74 Å². The van der Waals surface area contributed by atoms with Gasteiger partial charge in [0, 0.05) is 33.6 Å². The van der Waals surface area contributed by atoms with Gasteiger partial charge in [-0.05, 0) is 69.2 Å². The van der Waals surface area contributed by atoms with Gasteiger partial charge in [0.05, 0.1) is 12.0 Å². The minimum atomic E-state index is -0.966. The van der Waals surface area contributed by atoms with Crippen LogP contribution in [-0.2, 0) is 16.8 Å². The maximum absolute atomic E-state index is 12.2. The third-order valence-electron chi connectivity index (χ3n) is 6.54. The molecule has 2 aromatic carbocycles. The van der Waals surface area contributed by atoms with Gasteiger partial charge < -0.3 is 14.4 Å². The third kappa shape index (κ3) is 3.69. The highest BCUT2D eigenvalue weighted by atomic mass is 35.5. The molecule has 160 valence electrons. The number of benzene rings is 2. The van der Waals surface area contributed by atoms with Crippen LogP contribution in [0.3, 0.4) is 0 Å². The van der Waals surface area contributed by atoms with E-state index in [1.54, 1.807) is 13.8 Å². The van der Waals surface area contributed by atoms with E-state index < -0.39 is 16.8 Å². The van der Waals surface area contributed by atoms with Crippen molar-refractivity contribution in [1.29, 1.82) is 0 Å². The maximum atomic E-state index is 12.2. The summed E-state index contributed by atoms with van der Waals surface area (Å²) < 4.78 is 7.97. The SMILES string of the molecule is CCOc1ccc2c(c1)c(C)c(C(C)(C)C(C)(C)C(=O)O)n2Cc1ccc(Cl)cc1. The molecule has 4 nitrogen and oxygen atoms in total. The summed E-state index contributed by atoms with van der Waals surface area (Å²) in [5, 5.41) is 11.8. The monoisotopic (exact) mass is 427 g/mol. The lowest BCUT2D eigenvalue weighted by Crippen LogP contribution is -2.44. The molecule has 1 aromatic heterocycles. The Morgan fingerprint density at radius 3 is 2.30 bits per heavy atom. The van der Waals surface area contributed by atoms with Crippen molar-refractivity contribution in [1.82, 2.24) is 4.57 Å². The van der Waals surface area contributed by atoms with Crippen molar-refractivity contribution in [3.8, 4) is 5.75 Å². The van der Waals surface area contributed by atoms with Gasteiger partial charge in [0.25, 0.3) is 0 Å². The fourth-order valence-corrected chi connectivity index (χ4v) is 4.19. The summed E-state index contributed by atoms with van der Waals surface area (Å²) in [6.07, 6.45) is 0. The highest BCUT2D eigenvalue weighted by Gasteiger charge is 2.47. The summed E-state index contributed by atoms with van der Waals surface area (Å²) in [7, 11) is 0. The van der Waals surface area contributed by atoms with Crippen LogP contribution in [0.5, 0.6) is 5.75 Å². The lowest BCUT2D eigenvalue weighted by atomic mass is 9.65. The number of fused-ring (bicyclic) bond motifs is 1.